The van der Waals surface area contributed by atoms with E-state index < -0.39 is 0 Å². The van der Waals surface area contributed by atoms with Crippen LogP contribution in [0.2, 0.25) is 0 Å². The smallest absolute Gasteiger partial charge is 0.227 e. The van der Waals surface area contributed by atoms with Crippen molar-refractivity contribution in [3.8, 4) is 56.3 Å². The minimum absolute atomic E-state index is 0.499. The molecule has 0 aliphatic heterocycles. The van der Waals surface area contributed by atoms with E-state index in [9.17, 15) is 0 Å². The Morgan fingerprint density at radius 2 is 0.540 bits per heavy atom. The molecule has 0 unspecified atom stereocenters. The summed E-state index contributed by atoms with van der Waals surface area (Å²) in [4.78, 5) is 22.5. The lowest BCUT2D eigenvalue weighted by atomic mass is 9.91. The fourth-order valence-electron chi connectivity index (χ4n) is 23.1. The molecule has 0 saturated heterocycles. The van der Waals surface area contributed by atoms with Gasteiger partial charge >= 0.3 is 0 Å². The summed E-state index contributed by atoms with van der Waals surface area (Å²) in [7, 11) is 10.7. The van der Waals surface area contributed by atoms with Crippen LogP contribution in [0.1, 0.15) is 257 Å². The van der Waals surface area contributed by atoms with Crippen LogP contribution in [0.25, 0.3) is 167 Å². The zero-order valence-corrected chi connectivity index (χ0v) is 86.0. The number of pyridine rings is 10. The third-order valence-corrected chi connectivity index (χ3v) is 30.1. The molecule has 3 aliphatic rings. The van der Waals surface area contributed by atoms with Gasteiger partial charge in [-0.15, -0.1) is 0 Å². The largest absolute Gasteiger partial charge is 0.437 e. The monoisotopic (exact) mass is 1850 g/mol. The number of nitrogens with zero attached hydrogens (tertiary/aromatic N) is 10. The van der Waals surface area contributed by atoms with Crippen molar-refractivity contribution in [3.05, 3.63) is 296 Å². The molecule has 15 aromatic heterocycles. The minimum atomic E-state index is 0.499. The lowest BCUT2D eigenvalue weighted by Gasteiger charge is -2.15. The Hall–Kier alpha value is -13.4. The second kappa shape index (κ2) is 39.1. The van der Waals surface area contributed by atoms with Gasteiger partial charge in [0.15, 0.2) is 58.9 Å². The predicted molar refractivity (Wildman–Crippen MR) is 567 cm³/mol. The molecule has 0 atom stereocenters. The Morgan fingerprint density at radius 1 is 0.273 bits per heavy atom. The second-order valence-electron chi connectivity index (χ2n) is 42.0. The van der Waals surface area contributed by atoms with E-state index in [-0.39, 0.29) is 0 Å². The van der Waals surface area contributed by atoms with Crippen LogP contribution in [0.3, 0.4) is 0 Å². The first-order chi connectivity index (χ1) is 66.9. The molecule has 0 bridgehead atoms. The molecule has 139 heavy (non-hydrogen) atoms. The zero-order valence-electron chi connectivity index (χ0n) is 86.0. The maximum atomic E-state index is 6.33. The first-order valence-electron chi connectivity index (χ1n) is 50.9. The SMILES string of the molecule is Cc1c[n+](C)c(-c2c(C)ccc3c2oc2ncccc23)cc1C1CCCC1.Cc1cc(-c2c(C)ccc3c2oc2ncccc23)[n+](C)cc1C1CCCC1.Cc1ccc2c(n1)oc1c(-c3cc(C4CCCC4)c(C)c[n+]3C)c(C)ccc12.Cc1ccc2c(n1)oc1c(-c3cc(CC(C)C)c(C(C)C)c[n+]3C)c(C)ccc12.Cc1ccc2c(oc3ncccc32)c1-c1cc(CC(C)C)c(C(C)C)c[n+]1C. The van der Waals surface area contributed by atoms with Crippen molar-refractivity contribution in [1.29, 1.82) is 0 Å². The zero-order chi connectivity index (χ0) is 97.4. The molecule has 5 aromatic carbocycles. The molecule has 0 radical (unpaired) electrons. The summed E-state index contributed by atoms with van der Waals surface area (Å²) in [6.45, 7) is 39.8. The molecule has 15 heterocycles. The lowest BCUT2D eigenvalue weighted by molar-refractivity contribution is -0.661. The number of furan rings is 5. The average molecular weight is 1850 g/mol. The number of aryl methyl sites for hydroxylation is 15. The third-order valence-electron chi connectivity index (χ3n) is 30.1. The van der Waals surface area contributed by atoms with Crippen LogP contribution in [0.15, 0.2) is 223 Å². The van der Waals surface area contributed by atoms with Crippen LogP contribution in [0, 0.1) is 81.1 Å². The Bertz CT molecular complexity index is 8130. The van der Waals surface area contributed by atoms with Crippen molar-refractivity contribution in [1.82, 2.24) is 24.9 Å². The highest BCUT2D eigenvalue weighted by atomic mass is 16.4. The highest BCUT2D eigenvalue weighted by Gasteiger charge is 2.34. The molecule has 15 heteroatoms. The van der Waals surface area contributed by atoms with E-state index in [2.05, 4.69) is 358 Å². The molecule has 3 aliphatic carbocycles. The number of benzene rings is 5. The fourth-order valence-corrected chi connectivity index (χ4v) is 23.1. The van der Waals surface area contributed by atoms with Crippen LogP contribution in [-0.4, -0.2) is 24.9 Å². The van der Waals surface area contributed by atoms with Gasteiger partial charge in [-0.1, -0.05) is 155 Å². The lowest BCUT2D eigenvalue weighted by Crippen LogP contribution is -2.32. The maximum absolute atomic E-state index is 6.33. The molecule has 23 rings (SSSR count). The van der Waals surface area contributed by atoms with Crippen LogP contribution in [0.5, 0.6) is 0 Å². The standard InChI is InChI=1S/C26H31N2O.C25H27N2O.C25H29N2O.2C24H25N2O/c1-15(2)12-19-13-23(28(7)14-22(19)16(3)4)24-17(5)8-10-20-21-11-9-18(6)27-26(21)29-25(20)24;1-15-9-11-19-20-12-10-17(3)26-25(20)28-24(19)23(15)22-13-21(16(2)14-27(22)4)18-7-5-6-8-18;1-15(2)12-18-13-22(27(6)14-21(18)16(3)4)23-17(5)9-10-19-20-8-7-11-26-25(20)28-24(19)23;1-15-10-11-18-19-9-6-12-25-24(19)27-23(18)22(15)21-13-20(16(2)14-26(21)3)17-7-4-5-8-17;1-15-10-11-18-19-9-6-12-25-24(19)27-23(18)22(15)21-13-16(2)20(14-26(21)3)17-7-4-5-8-17/h8-11,13-16H,12H2,1-7H3;9-14,18H,5-8H2,1-4H3;7-11,13-16H,12H2,1-6H3;2*6,9-14,17H,4-5,7-8H2,1-3H3/q5*+1. The molecular formula is C124H137N10O5+5. The van der Waals surface area contributed by atoms with E-state index in [1.54, 1.807) is 18.6 Å². The molecule has 0 N–H and O–H groups in total. The average Bonchev–Trinajstić information content (AvgIpc) is 1.59. The summed E-state index contributed by atoms with van der Waals surface area (Å²) in [6.07, 6.45) is 35.1. The van der Waals surface area contributed by atoms with Gasteiger partial charge < -0.3 is 22.1 Å². The Balaban J connectivity index is 0.000000111. The van der Waals surface area contributed by atoms with E-state index in [4.69, 9.17) is 22.1 Å². The van der Waals surface area contributed by atoms with Gasteiger partial charge in [0.05, 0.1) is 27.8 Å². The topological polar surface area (TPSA) is 150 Å². The van der Waals surface area contributed by atoms with Crippen LogP contribution in [0.4, 0.5) is 0 Å². The van der Waals surface area contributed by atoms with Gasteiger partial charge in [-0.3, -0.25) is 0 Å². The first-order valence-corrected chi connectivity index (χ1v) is 50.9. The van der Waals surface area contributed by atoms with Gasteiger partial charge in [0, 0.05) is 142 Å². The molecule has 3 saturated carbocycles. The maximum Gasteiger partial charge on any atom is 0.227 e. The summed E-state index contributed by atoms with van der Waals surface area (Å²) in [6, 6.07) is 54.2. The van der Waals surface area contributed by atoms with Crippen molar-refractivity contribution in [2.24, 2.45) is 47.1 Å². The van der Waals surface area contributed by atoms with Crippen LogP contribution >= 0.6 is 0 Å². The van der Waals surface area contributed by atoms with Crippen LogP contribution < -0.4 is 22.8 Å². The molecule has 0 spiro atoms. The highest BCUT2D eigenvalue weighted by molar-refractivity contribution is 6.13. The number of aromatic nitrogens is 10. The fraction of sp³-hybridized carbons (Fsp3) is 0.355. The van der Waals surface area contributed by atoms with Gasteiger partial charge in [-0.05, 0) is 278 Å². The van der Waals surface area contributed by atoms with Gasteiger partial charge in [0.2, 0.25) is 57.0 Å². The summed E-state index contributed by atoms with van der Waals surface area (Å²) in [5.74, 6) is 4.34. The second-order valence-corrected chi connectivity index (χ2v) is 42.0. The van der Waals surface area contributed by atoms with Crippen molar-refractivity contribution in [2.75, 3.05) is 0 Å². The van der Waals surface area contributed by atoms with E-state index in [0.717, 1.165) is 123 Å². The summed E-state index contributed by atoms with van der Waals surface area (Å²) < 4.78 is 42.7. The summed E-state index contributed by atoms with van der Waals surface area (Å²) >= 11 is 0. The third kappa shape index (κ3) is 18.3. The number of hydrogen-bond acceptors (Lipinski definition) is 10. The Labute approximate surface area is 818 Å². The molecule has 708 valence electrons. The molecule has 15 nitrogen and oxygen atoms in total. The minimum Gasteiger partial charge on any atom is -0.437 e. The molecule has 20 aromatic rings. The van der Waals surface area contributed by atoms with Gasteiger partial charge in [-0.2, -0.15) is 0 Å². The van der Waals surface area contributed by atoms with Crippen molar-refractivity contribution >= 4 is 110 Å². The van der Waals surface area contributed by atoms with E-state index in [0.29, 0.717) is 52.6 Å². The molecular weight excluding hydrogens is 1710 g/mol. The number of fused-ring (bicyclic) bond motifs is 15. The van der Waals surface area contributed by atoms with Crippen molar-refractivity contribution in [3.63, 3.8) is 0 Å². The number of hydrogen-bond donors (Lipinski definition) is 0. The Kier molecular flexibility index (Phi) is 26.6. The molecule has 3 fully saturated rings. The van der Waals surface area contributed by atoms with Gasteiger partial charge in [0.25, 0.3) is 0 Å². The first kappa shape index (κ1) is 94.6. The Morgan fingerprint density at radius 3 is 0.849 bits per heavy atom. The quantitative estimate of drug-likeness (QED) is 0.0963. The van der Waals surface area contributed by atoms with E-state index in [1.807, 2.05) is 32.0 Å². The summed E-state index contributed by atoms with van der Waals surface area (Å²) in [5, 5.41) is 11.1. The molecule has 0 amide bonds. The van der Waals surface area contributed by atoms with Crippen LogP contribution in [-0.2, 0) is 48.1 Å². The predicted octanol–water partition coefficient (Wildman–Crippen LogP) is 30.1. The van der Waals surface area contributed by atoms with Crippen molar-refractivity contribution < 1.29 is 44.9 Å². The summed E-state index contributed by atoms with van der Waals surface area (Å²) in [5.41, 5.74) is 42.7. The van der Waals surface area contributed by atoms with Gasteiger partial charge in [0.1, 0.15) is 35.2 Å². The van der Waals surface area contributed by atoms with E-state index in [1.165, 1.54) is 217 Å². The normalized spacial score (nSPS) is 13.9. The highest BCUT2D eigenvalue weighted by Crippen LogP contribution is 2.47. The number of rotatable bonds is 14. The van der Waals surface area contributed by atoms with Crippen molar-refractivity contribution in [2.45, 2.75) is 244 Å². The van der Waals surface area contributed by atoms with Gasteiger partial charge in [-0.25, -0.2) is 47.8 Å². The van der Waals surface area contributed by atoms with E-state index >= 15 is 0 Å².